The number of halogens is 1. The molecule has 1 rings (SSSR count). The molecule has 0 saturated carbocycles. The van der Waals surface area contributed by atoms with Gasteiger partial charge in [-0.25, -0.2) is 4.39 Å². The van der Waals surface area contributed by atoms with Gasteiger partial charge in [-0.05, 0) is 31.5 Å². The molecule has 0 spiro atoms. The standard InChI is InChI=1S/C12H15FN2/c1-12(2,13)9-15-11-5-3-10(4-6-11)7-8-14/h3-6,15H,7,9H2,1-2H3. The van der Waals surface area contributed by atoms with Crippen LogP contribution in [0.5, 0.6) is 0 Å². The van der Waals surface area contributed by atoms with Crippen LogP contribution < -0.4 is 5.32 Å². The average molecular weight is 206 g/mol. The molecule has 0 aromatic heterocycles. The summed E-state index contributed by atoms with van der Waals surface area (Å²) in [6.07, 6.45) is 0.412. The summed E-state index contributed by atoms with van der Waals surface area (Å²) >= 11 is 0. The summed E-state index contributed by atoms with van der Waals surface area (Å²) < 4.78 is 13.2. The molecule has 0 aliphatic carbocycles. The summed E-state index contributed by atoms with van der Waals surface area (Å²) in [7, 11) is 0. The van der Waals surface area contributed by atoms with Crippen LogP contribution in [-0.2, 0) is 6.42 Å². The van der Waals surface area contributed by atoms with Crippen molar-refractivity contribution in [2.45, 2.75) is 25.9 Å². The molecule has 2 nitrogen and oxygen atoms in total. The first-order chi connectivity index (χ1) is 7.01. The van der Waals surface area contributed by atoms with Gasteiger partial charge >= 0.3 is 0 Å². The van der Waals surface area contributed by atoms with Crippen molar-refractivity contribution >= 4 is 5.69 Å². The monoisotopic (exact) mass is 206 g/mol. The van der Waals surface area contributed by atoms with E-state index in [4.69, 9.17) is 5.26 Å². The van der Waals surface area contributed by atoms with Gasteiger partial charge in [0.05, 0.1) is 12.5 Å². The van der Waals surface area contributed by atoms with Crippen molar-refractivity contribution < 1.29 is 4.39 Å². The Hall–Kier alpha value is -1.56. The van der Waals surface area contributed by atoms with Crippen LogP contribution in [0.15, 0.2) is 24.3 Å². The van der Waals surface area contributed by atoms with E-state index < -0.39 is 5.67 Å². The fourth-order valence-corrected chi connectivity index (χ4v) is 1.14. The predicted octanol–water partition coefficient (Wildman–Crippen LogP) is 2.91. The van der Waals surface area contributed by atoms with Crippen molar-refractivity contribution in [1.82, 2.24) is 0 Å². The van der Waals surface area contributed by atoms with Gasteiger partial charge in [-0.15, -0.1) is 0 Å². The molecule has 1 aromatic rings. The summed E-state index contributed by atoms with van der Waals surface area (Å²) in [5.41, 5.74) is 0.635. The Labute approximate surface area is 89.7 Å². The zero-order chi connectivity index (χ0) is 11.3. The fourth-order valence-electron chi connectivity index (χ4n) is 1.14. The smallest absolute Gasteiger partial charge is 0.122 e. The van der Waals surface area contributed by atoms with Crippen LogP contribution in [0, 0.1) is 11.3 Å². The van der Waals surface area contributed by atoms with E-state index in [1.165, 1.54) is 13.8 Å². The summed E-state index contributed by atoms with van der Waals surface area (Å²) in [4.78, 5) is 0. The normalized spacial score (nSPS) is 10.8. The summed E-state index contributed by atoms with van der Waals surface area (Å²) in [6.45, 7) is 3.35. The molecule has 0 saturated heterocycles. The molecule has 0 aliphatic rings. The highest BCUT2D eigenvalue weighted by Gasteiger charge is 2.14. The second-order valence-electron chi connectivity index (χ2n) is 4.10. The third-order valence-corrected chi connectivity index (χ3v) is 1.95. The Morgan fingerprint density at radius 3 is 2.40 bits per heavy atom. The molecule has 0 atom stereocenters. The van der Waals surface area contributed by atoms with E-state index in [9.17, 15) is 4.39 Å². The molecule has 1 aromatic carbocycles. The molecule has 80 valence electrons. The number of benzene rings is 1. The molecule has 0 fully saturated rings. The van der Waals surface area contributed by atoms with Crippen molar-refractivity contribution in [3.63, 3.8) is 0 Å². The maximum atomic E-state index is 13.2. The van der Waals surface area contributed by atoms with Crippen LogP contribution in [0.25, 0.3) is 0 Å². The Morgan fingerprint density at radius 2 is 1.93 bits per heavy atom. The highest BCUT2D eigenvalue weighted by Crippen LogP contribution is 2.13. The van der Waals surface area contributed by atoms with Gasteiger partial charge in [0.25, 0.3) is 0 Å². The van der Waals surface area contributed by atoms with Gasteiger partial charge < -0.3 is 5.32 Å². The van der Waals surface area contributed by atoms with Gasteiger partial charge in [-0.3, -0.25) is 0 Å². The van der Waals surface area contributed by atoms with Gasteiger partial charge in [-0.2, -0.15) is 5.26 Å². The molecule has 0 radical (unpaired) electrons. The molecule has 0 heterocycles. The maximum absolute atomic E-state index is 13.2. The molecule has 15 heavy (non-hydrogen) atoms. The predicted molar refractivity (Wildman–Crippen MR) is 59.4 cm³/mol. The van der Waals surface area contributed by atoms with Gasteiger partial charge in [0.15, 0.2) is 0 Å². The number of nitriles is 1. The highest BCUT2D eigenvalue weighted by atomic mass is 19.1. The van der Waals surface area contributed by atoms with Gasteiger partial charge in [0.1, 0.15) is 5.67 Å². The lowest BCUT2D eigenvalue weighted by atomic mass is 10.1. The van der Waals surface area contributed by atoms with Crippen LogP contribution in [-0.4, -0.2) is 12.2 Å². The zero-order valence-corrected chi connectivity index (χ0v) is 9.05. The minimum Gasteiger partial charge on any atom is -0.382 e. The number of hydrogen-bond donors (Lipinski definition) is 1. The fraction of sp³-hybridized carbons (Fsp3) is 0.417. The van der Waals surface area contributed by atoms with Crippen LogP contribution >= 0.6 is 0 Å². The first-order valence-corrected chi connectivity index (χ1v) is 4.90. The lowest BCUT2D eigenvalue weighted by Gasteiger charge is -2.15. The Bertz CT molecular complexity index is 343. The molecule has 1 N–H and O–H groups in total. The van der Waals surface area contributed by atoms with E-state index in [0.717, 1.165) is 11.3 Å². The lowest BCUT2D eigenvalue weighted by molar-refractivity contribution is 0.235. The topological polar surface area (TPSA) is 35.8 Å². The van der Waals surface area contributed by atoms with E-state index in [1.54, 1.807) is 0 Å². The van der Waals surface area contributed by atoms with Crippen molar-refractivity contribution in [2.24, 2.45) is 0 Å². The van der Waals surface area contributed by atoms with Crippen molar-refractivity contribution in [1.29, 1.82) is 5.26 Å². The Balaban J connectivity index is 2.54. The van der Waals surface area contributed by atoms with Crippen molar-refractivity contribution in [3.8, 4) is 6.07 Å². The second kappa shape index (κ2) is 4.79. The van der Waals surface area contributed by atoms with Crippen LogP contribution in [0.4, 0.5) is 10.1 Å². The SMILES string of the molecule is CC(C)(F)CNc1ccc(CC#N)cc1. The van der Waals surface area contributed by atoms with E-state index >= 15 is 0 Å². The van der Waals surface area contributed by atoms with E-state index in [0.29, 0.717) is 6.42 Å². The van der Waals surface area contributed by atoms with Crippen molar-refractivity contribution in [3.05, 3.63) is 29.8 Å². The molecule has 3 heteroatoms. The molecular weight excluding hydrogens is 191 g/mol. The largest absolute Gasteiger partial charge is 0.382 e. The van der Waals surface area contributed by atoms with Crippen LogP contribution in [0.3, 0.4) is 0 Å². The number of rotatable bonds is 4. The second-order valence-corrected chi connectivity index (χ2v) is 4.10. The van der Waals surface area contributed by atoms with E-state index in [1.807, 2.05) is 24.3 Å². The number of hydrogen-bond acceptors (Lipinski definition) is 2. The molecular formula is C12H15FN2. The van der Waals surface area contributed by atoms with E-state index in [2.05, 4.69) is 11.4 Å². The Kier molecular flexibility index (Phi) is 3.68. The first kappa shape index (κ1) is 11.5. The highest BCUT2D eigenvalue weighted by molar-refractivity contribution is 5.45. The van der Waals surface area contributed by atoms with Crippen LogP contribution in [0.2, 0.25) is 0 Å². The van der Waals surface area contributed by atoms with Crippen LogP contribution in [0.1, 0.15) is 19.4 Å². The molecule has 0 aliphatic heterocycles. The number of nitrogens with zero attached hydrogens (tertiary/aromatic N) is 1. The minimum atomic E-state index is -1.22. The maximum Gasteiger partial charge on any atom is 0.122 e. The quantitative estimate of drug-likeness (QED) is 0.822. The van der Waals surface area contributed by atoms with Gasteiger partial charge in [0.2, 0.25) is 0 Å². The average Bonchev–Trinajstić information content (AvgIpc) is 2.16. The third kappa shape index (κ3) is 4.46. The minimum absolute atomic E-state index is 0.282. The van der Waals surface area contributed by atoms with Gasteiger partial charge in [-0.1, -0.05) is 12.1 Å². The Morgan fingerprint density at radius 1 is 1.33 bits per heavy atom. The number of anilines is 1. The molecule has 0 bridgehead atoms. The van der Waals surface area contributed by atoms with Gasteiger partial charge in [0, 0.05) is 12.2 Å². The summed E-state index contributed by atoms with van der Waals surface area (Å²) in [5, 5.41) is 11.5. The molecule has 0 unspecified atom stereocenters. The first-order valence-electron chi connectivity index (χ1n) is 4.90. The molecule has 0 amide bonds. The summed E-state index contributed by atoms with van der Waals surface area (Å²) in [6, 6.07) is 9.54. The number of nitrogens with one attached hydrogen (secondary N) is 1. The van der Waals surface area contributed by atoms with Crippen molar-refractivity contribution in [2.75, 3.05) is 11.9 Å². The lowest BCUT2D eigenvalue weighted by Crippen LogP contribution is -2.24. The summed E-state index contributed by atoms with van der Waals surface area (Å²) in [5.74, 6) is 0. The zero-order valence-electron chi connectivity index (χ0n) is 9.05. The number of alkyl halides is 1. The van der Waals surface area contributed by atoms with E-state index in [-0.39, 0.29) is 6.54 Å². The third-order valence-electron chi connectivity index (χ3n) is 1.95.